The van der Waals surface area contributed by atoms with Crippen LogP contribution in [0.2, 0.25) is 0 Å². The molecule has 0 spiro atoms. The van der Waals surface area contributed by atoms with Gasteiger partial charge in [-0.25, -0.2) is 0 Å². The van der Waals surface area contributed by atoms with Gasteiger partial charge in [0, 0.05) is 6.92 Å². The van der Waals surface area contributed by atoms with Gasteiger partial charge < -0.3 is 5.32 Å². The van der Waals surface area contributed by atoms with E-state index < -0.39 is 0 Å². The van der Waals surface area contributed by atoms with Crippen molar-refractivity contribution in [2.24, 2.45) is 5.92 Å². The summed E-state index contributed by atoms with van der Waals surface area (Å²) in [6, 6.07) is -0.236. The maximum Gasteiger partial charge on any atom is 0.217 e. The van der Waals surface area contributed by atoms with Crippen LogP contribution in [0.5, 0.6) is 0 Å². The average Bonchev–Trinajstić information content (AvgIpc) is 2.50. The molecule has 0 heterocycles. The Hall–Kier alpha value is -0.860. The molecular formula is C10H17NO2. The molecule has 74 valence electrons. The van der Waals surface area contributed by atoms with E-state index in [9.17, 15) is 9.59 Å². The lowest BCUT2D eigenvalue weighted by molar-refractivity contribution is -0.126. The first-order chi connectivity index (χ1) is 6.11. The van der Waals surface area contributed by atoms with Gasteiger partial charge >= 0.3 is 0 Å². The molecular weight excluding hydrogens is 166 g/mol. The molecule has 1 amide bonds. The lowest BCUT2D eigenvalue weighted by Gasteiger charge is -2.21. The molecule has 1 saturated carbocycles. The van der Waals surface area contributed by atoms with Crippen LogP contribution in [0.1, 0.15) is 39.5 Å². The standard InChI is InChI=1S/C10H17NO2/c1-7(12)10(11-8(2)13)9-5-3-4-6-9/h9-10H,3-6H2,1-2H3,(H,11,13)/t10-/m1/s1. The van der Waals surface area contributed by atoms with Gasteiger partial charge in [0.05, 0.1) is 6.04 Å². The molecule has 1 N–H and O–H groups in total. The fourth-order valence-corrected chi connectivity index (χ4v) is 2.06. The van der Waals surface area contributed by atoms with Gasteiger partial charge in [-0.2, -0.15) is 0 Å². The maximum atomic E-state index is 11.3. The van der Waals surface area contributed by atoms with Gasteiger partial charge in [0.15, 0.2) is 5.78 Å². The molecule has 0 saturated heterocycles. The molecule has 1 aliphatic rings. The summed E-state index contributed by atoms with van der Waals surface area (Å²) in [4.78, 5) is 22.1. The second-order valence-electron chi connectivity index (χ2n) is 3.83. The number of rotatable bonds is 3. The third-order valence-corrected chi connectivity index (χ3v) is 2.67. The fraction of sp³-hybridized carbons (Fsp3) is 0.800. The molecule has 1 atom stereocenters. The van der Waals surface area contributed by atoms with E-state index in [1.807, 2.05) is 0 Å². The molecule has 13 heavy (non-hydrogen) atoms. The highest BCUT2D eigenvalue weighted by Crippen LogP contribution is 2.27. The van der Waals surface area contributed by atoms with Gasteiger partial charge in [0.1, 0.15) is 0 Å². The van der Waals surface area contributed by atoms with Crippen LogP contribution < -0.4 is 5.32 Å². The minimum Gasteiger partial charge on any atom is -0.346 e. The molecule has 1 fully saturated rings. The zero-order valence-electron chi connectivity index (χ0n) is 8.30. The monoisotopic (exact) mass is 183 g/mol. The molecule has 0 bridgehead atoms. The lowest BCUT2D eigenvalue weighted by Crippen LogP contribution is -2.43. The van der Waals surface area contributed by atoms with Gasteiger partial charge in [0.25, 0.3) is 0 Å². The van der Waals surface area contributed by atoms with Crippen LogP contribution >= 0.6 is 0 Å². The second kappa shape index (κ2) is 4.40. The number of amides is 1. The number of carbonyl (C=O) groups excluding carboxylic acids is 2. The Morgan fingerprint density at radius 3 is 2.15 bits per heavy atom. The Kier molecular flexibility index (Phi) is 3.46. The number of nitrogens with one attached hydrogen (secondary N) is 1. The van der Waals surface area contributed by atoms with Crippen molar-refractivity contribution >= 4 is 11.7 Å². The quantitative estimate of drug-likeness (QED) is 0.716. The molecule has 0 aliphatic heterocycles. The predicted molar refractivity (Wildman–Crippen MR) is 50.2 cm³/mol. The van der Waals surface area contributed by atoms with Crippen molar-refractivity contribution in [3.05, 3.63) is 0 Å². The van der Waals surface area contributed by atoms with Crippen molar-refractivity contribution in [2.75, 3.05) is 0 Å². The Balaban J connectivity index is 2.55. The van der Waals surface area contributed by atoms with Crippen molar-refractivity contribution in [2.45, 2.75) is 45.6 Å². The number of hydrogen-bond acceptors (Lipinski definition) is 2. The molecule has 3 nitrogen and oxygen atoms in total. The third kappa shape index (κ3) is 2.83. The van der Waals surface area contributed by atoms with Gasteiger partial charge in [0.2, 0.25) is 5.91 Å². The van der Waals surface area contributed by atoms with Crippen LogP contribution in [-0.4, -0.2) is 17.7 Å². The van der Waals surface area contributed by atoms with E-state index in [1.165, 1.54) is 19.8 Å². The van der Waals surface area contributed by atoms with E-state index in [0.29, 0.717) is 5.92 Å². The summed E-state index contributed by atoms with van der Waals surface area (Å²) in [7, 11) is 0. The number of ketones is 1. The molecule has 0 aromatic heterocycles. The Morgan fingerprint density at radius 2 is 1.77 bits per heavy atom. The molecule has 0 radical (unpaired) electrons. The molecule has 1 aliphatic carbocycles. The number of hydrogen-bond donors (Lipinski definition) is 1. The van der Waals surface area contributed by atoms with Crippen molar-refractivity contribution in [1.82, 2.24) is 5.32 Å². The number of carbonyl (C=O) groups is 2. The smallest absolute Gasteiger partial charge is 0.217 e. The predicted octanol–water partition coefficient (Wildman–Crippen LogP) is 1.27. The highest BCUT2D eigenvalue weighted by Gasteiger charge is 2.28. The van der Waals surface area contributed by atoms with E-state index >= 15 is 0 Å². The van der Waals surface area contributed by atoms with Gasteiger partial charge in [-0.05, 0) is 25.7 Å². The van der Waals surface area contributed by atoms with Crippen molar-refractivity contribution in [3.8, 4) is 0 Å². The first-order valence-corrected chi connectivity index (χ1v) is 4.89. The zero-order chi connectivity index (χ0) is 9.84. The van der Waals surface area contributed by atoms with Crippen LogP contribution in [-0.2, 0) is 9.59 Å². The van der Waals surface area contributed by atoms with Crippen LogP contribution in [0.25, 0.3) is 0 Å². The van der Waals surface area contributed by atoms with E-state index in [0.717, 1.165) is 12.8 Å². The summed E-state index contributed by atoms with van der Waals surface area (Å²) < 4.78 is 0. The molecule has 1 rings (SSSR count). The summed E-state index contributed by atoms with van der Waals surface area (Å²) in [6.07, 6.45) is 4.52. The summed E-state index contributed by atoms with van der Waals surface area (Å²) in [5.74, 6) is 0.357. The second-order valence-corrected chi connectivity index (χ2v) is 3.83. The first kappa shape index (κ1) is 10.2. The van der Waals surface area contributed by atoms with Gasteiger partial charge in [-0.3, -0.25) is 9.59 Å². The first-order valence-electron chi connectivity index (χ1n) is 4.89. The SMILES string of the molecule is CC(=O)N[C@H](C(C)=O)C1CCCC1. The van der Waals surface area contributed by atoms with Crippen molar-refractivity contribution in [1.29, 1.82) is 0 Å². The van der Waals surface area contributed by atoms with E-state index in [-0.39, 0.29) is 17.7 Å². The lowest BCUT2D eigenvalue weighted by atomic mass is 9.95. The van der Waals surface area contributed by atoms with Crippen LogP contribution in [0.3, 0.4) is 0 Å². The highest BCUT2D eigenvalue weighted by atomic mass is 16.2. The van der Waals surface area contributed by atoms with Crippen LogP contribution in [0.4, 0.5) is 0 Å². The fourth-order valence-electron chi connectivity index (χ4n) is 2.06. The van der Waals surface area contributed by atoms with E-state index in [4.69, 9.17) is 0 Å². The van der Waals surface area contributed by atoms with E-state index in [2.05, 4.69) is 5.32 Å². The average molecular weight is 183 g/mol. The molecule has 0 aromatic carbocycles. The topological polar surface area (TPSA) is 46.2 Å². The van der Waals surface area contributed by atoms with Crippen molar-refractivity contribution < 1.29 is 9.59 Å². The summed E-state index contributed by atoms with van der Waals surface area (Å²) in [6.45, 7) is 3.02. The van der Waals surface area contributed by atoms with Gasteiger partial charge in [-0.1, -0.05) is 12.8 Å². The molecule has 0 unspecified atom stereocenters. The molecule has 3 heteroatoms. The minimum atomic E-state index is -0.236. The Labute approximate surface area is 78.9 Å². The highest BCUT2D eigenvalue weighted by molar-refractivity contribution is 5.86. The zero-order valence-corrected chi connectivity index (χ0v) is 8.30. The van der Waals surface area contributed by atoms with Crippen LogP contribution in [0, 0.1) is 5.92 Å². The minimum absolute atomic E-state index is 0.0853. The summed E-state index contributed by atoms with van der Waals surface area (Å²) in [5, 5.41) is 2.73. The normalized spacial score (nSPS) is 19.8. The Morgan fingerprint density at radius 1 is 1.23 bits per heavy atom. The molecule has 0 aromatic rings. The van der Waals surface area contributed by atoms with E-state index in [1.54, 1.807) is 6.92 Å². The largest absolute Gasteiger partial charge is 0.346 e. The van der Waals surface area contributed by atoms with Crippen molar-refractivity contribution in [3.63, 3.8) is 0 Å². The maximum absolute atomic E-state index is 11.3. The Bertz CT molecular complexity index is 207. The van der Waals surface area contributed by atoms with Crippen LogP contribution in [0.15, 0.2) is 0 Å². The summed E-state index contributed by atoms with van der Waals surface area (Å²) >= 11 is 0. The third-order valence-electron chi connectivity index (χ3n) is 2.67. The van der Waals surface area contributed by atoms with Gasteiger partial charge in [-0.15, -0.1) is 0 Å². The number of Topliss-reactive ketones (excluding diaryl/α,β-unsaturated/α-hetero) is 1. The summed E-state index contributed by atoms with van der Waals surface area (Å²) in [5.41, 5.74) is 0.